The summed E-state index contributed by atoms with van der Waals surface area (Å²) in [6, 6.07) is 3.55. The van der Waals surface area contributed by atoms with Crippen molar-refractivity contribution in [3.8, 4) is 0 Å². The highest BCUT2D eigenvalue weighted by Crippen LogP contribution is 2.41. The van der Waals surface area contributed by atoms with E-state index in [-0.39, 0.29) is 47.7 Å². The Balaban J connectivity index is 1.31. The Hall–Kier alpha value is -2.31. The van der Waals surface area contributed by atoms with E-state index in [9.17, 15) is 9.18 Å². The highest BCUT2D eigenvalue weighted by Gasteiger charge is 2.47. The molecule has 0 saturated carbocycles. The SMILES string of the molecule is C=N/C(=C\N=C(C)N1CCC2(CC1)CO[C@@H](C)[C@H]2N)Sc1ccc2ncn(CC3(F)COC3)c(=O)c2c1Cl. The Kier molecular flexibility index (Phi) is 7.67. The molecule has 2 aromatic rings. The lowest BCUT2D eigenvalue weighted by Gasteiger charge is -2.41. The van der Waals surface area contributed by atoms with Crippen LogP contribution in [0.25, 0.3) is 10.9 Å². The van der Waals surface area contributed by atoms with Crippen molar-refractivity contribution in [3.05, 3.63) is 45.1 Å². The van der Waals surface area contributed by atoms with Crippen LogP contribution in [0, 0.1) is 5.41 Å². The topological polar surface area (TPSA) is 107 Å². The predicted octanol–water partition coefficient (Wildman–Crippen LogP) is 3.63. The van der Waals surface area contributed by atoms with Crippen LogP contribution in [0.15, 0.2) is 49.4 Å². The quantitative estimate of drug-likeness (QED) is 0.325. The summed E-state index contributed by atoms with van der Waals surface area (Å²) >= 11 is 7.91. The summed E-state index contributed by atoms with van der Waals surface area (Å²) in [5, 5.41) is 0.993. The molecule has 0 amide bonds. The van der Waals surface area contributed by atoms with Crippen molar-refractivity contribution in [2.75, 3.05) is 32.9 Å². The van der Waals surface area contributed by atoms with E-state index in [0.29, 0.717) is 15.4 Å². The molecular formula is C26H32ClFN6O3S. The number of rotatable bonds is 6. The monoisotopic (exact) mass is 562 g/mol. The van der Waals surface area contributed by atoms with Crippen molar-refractivity contribution >= 4 is 46.8 Å². The van der Waals surface area contributed by atoms with Gasteiger partial charge in [0.05, 0.1) is 60.9 Å². The molecule has 3 saturated heterocycles. The molecule has 4 heterocycles. The Bertz CT molecular complexity index is 1350. The van der Waals surface area contributed by atoms with Crippen LogP contribution in [-0.4, -0.2) is 77.7 Å². The molecule has 1 aromatic heterocycles. The third kappa shape index (κ3) is 5.14. The first-order valence-electron chi connectivity index (χ1n) is 12.6. The van der Waals surface area contributed by atoms with Gasteiger partial charge in [0.15, 0.2) is 5.67 Å². The molecule has 0 unspecified atom stereocenters. The molecular weight excluding hydrogens is 531 g/mol. The van der Waals surface area contributed by atoms with Crippen molar-refractivity contribution in [1.82, 2.24) is 14.5 Å². The van der Waals surface area contributed by atoms with Gasteiger partial charge < -0.3 is 20.1 Å². The molecule has 9 nitrogen and oxygen atoms in total. The fraction of sp³-hybridized carbons (Fsp3) is 0.538. The normalized spacial score (nSPS) is 25.1. The number of likely N-dealkylation sites (tertiary alicyclic amines) is 1. The third-order valence-electron chi connectivity index (χ3n) is 7.87. The Labute approximate surface area is 229 Å². The molecule has 0 bridgehead atoms. The van der Waals surface area contributed by atoms with Crippen LogP contribution in [0.1, 0.15) is 26.7 Å². The molecule has 1 aromatic carbocycles. The fourth-order valence-electron chi connectivity index (χ4n) is 5.29. The minimum atomic E-state index is -1.57. The predicted molar refractivity (Wildman–Crippen MR) is 149 cm³/mol. The lowest BCUT2D eigenvalue weighted by atomic mass is 9.73. The van der Waals surface area contributed by atoms with Crippen LogP contribution in [0.2, 0.25) is 5.02 Å². The second-order valence-corrected chi connectivity index (χ2v) is 11.8. The van der Waals surface area contributed by atoms with Gasteiger partial charge in [-0.15, -0.1) is 0 Å². The standard InChI is InChI=1S/C26H32ClFN6O3S/c1-16-23(29)25(12-37-16)6-8-33(9-7-25)17(2)31-10-20(30-3)38-19-5-4-18-21(22(19)27)24(35)34(15-32-18)11-26(28)13-36-14-26/h4-5,10,15-16,23H,3,6-9,11-14,29H2,1-2H3/b20-10+,31-17?/t16-,23+/m0/s1. The Morgan fingerprint density at radius 1 is 1.37 bits per heavy atom. The van der Waals surface area contributed by atoms with Crippen LogP contribution in [0.4, 0.5) is 4.39 Å². The van der Waals surface area contributed by atoms with E-state index in [1.165, 1.54) is 22.7 Å². The van der Waals surface area contributed by atoms with Gasteiger partial charge in [-0.1, -0.05) is 23.4 Å². The van der Waals surface area contributed by atoms with Gasteiger partial charge in [-0.2, -0.15) is 0 Å². The summed E-state index contributed by atoms with van der Waals surface area (Å²) in [7, 11) is 0. The molecule has 12 heteroatoms. The number of thioether (sulfide) groups is 1. The van der Waals surface area contributed by atoms with E-state index < -0.39 is 11.2 Å². The molecule has 1 spiro atoms. The summed E-state index contributed by atoms with van der Waals surface area (Å²) in [5.74, 6) is 0.874. The number of ether oxygens (including phenoxy) is 2. The second-order valence-electron chi connectivity index (χ2n) is 10.4. The van der Waals surface area contributed by atoms with Crippen LogP contribution >= 0.6 is 23.4 Å². The van der Waals surface area contributed by atoms with E-state index >= 15 is 0 Å². The van der Waals surface area contributed by atoms with Crippen LogP contribution in [-0.2, 0) is 16.0 Å². The molecule has 2 atom stereocenters. The van der Waals surface area contributed by atoms with Crippen molar-refractivity contribution in [3.63, 3.8) is 0 Å². The minimum absolute atomic E-state index is 0.0420. The van der Waals surface area contributed by atoms with Gasteiger partial charge in [0.2, 0.25) is 0 Å². The number of fused-ring (bicyclic) bond motifs is 1. The molecule has 3 aliphatic rings. The fourth-order valence-corrected chi connectivity index (χ4v) is 6.37. The third-order valence-corrected chi connectivity index (χ3v) is 9.37. The van der Waals surface area contributed by atoms with Crippen LogP contribution in [0.5, 0.6) is 0 Å². The van der Waals surface area contributed by atoms with E-state index in [4.69, 9.17) is 26.8 Å². The smallest absolute Gasteiger partial charge is 0.262 e. The number of nitrogens with two attached hydrogens (primary N) is 1. The number of piperidine rings is 1. The van der Waals surface area contributed by atoms with Crippen LogP contribution < -0.4 is 11.3 Å². The van der Waals surface area contributed by atoms with Gasteiger partial charge in [-0.25, -0.2) is 14.4 Å². The van der Waals surface area contributed by atoms with Gasteiger partial charge in [0.1, 0.15) is 10.9 Å². The molecule has 38 heavy (non-hydrogen) atoms. The van der Waals surface area contributed by atoms with Crippen LogP contribution in [0.3, 0.4) is 0 Å². The molecule has 3 fully saturated rings. The number of amidine groups is 1. The average Bonchev–Trinajstić information content (AvgIpc) is 3.16. The number of alkyl halides is 1. The zero-order valence-electron chi connectivity index (χ0n) is 21.5. The van der Waals surface area contributed by atoms with Gasteiger partial charge in [0, 0.05) is 29.4 Å². The molecule has 0 radical (unpaired) electrons. The number of halogens is 2. The summed E-state index contributed by atoms with van der Waals surface area (Å²) in [6.45, 7) is 9.90. The number of aliphatic imine (C=N–C) groups is 2. The maximum Gasteiger partial charge on any atom is 0.262 e. The molecule has 5 rings (SSSR count). The maximum atomic E-state index is 14.6. The van der Waals surface area contributed by atoms with Gasteiger partial charge in [-0.05, 0) is 45.5 Å². The lowest BCUT2D eigenvalue weighted by molar-refractivity contribution is -0.137. The molecule has 2 N–H and O–H groups in total. The average molecular weight is 563 g/mol. The first-order valence-corrected chi connectivity index (χ1v) is 13.8. The minimum Gasteiger partial charge on any atom is -0.376 e. The highest BCUT2D eigenvalue weighted by molar-refractivity contribution is 8.03. The van der Waals surface area contributed by atoms with Crippen molar-refractivity contribution in [2.24, 2.45) is 21.1 Å². The number of aromatic nitrogens is 2. The van der Waals surface area contributed by atoms with Gasteiger partial charge in [-0.3, -0.25) is 14.4 Å². The molecule has 0 aliphatic carbocycles. The first kappa shape index (κ1) is 27.3. The number of hydrogen-bond donors (Lipinski definition) is 1. The molecule has 3 aliphatic heterocycles. The van der Waals surface area contributed by atoms with Crippen molar-refractivity contribution in [2.45, 2.75) is 55.9 Å². The highest BCUT2D eigenvalue weighted by atomic mass is 35.5. The van der Waals surface area contributed by atoms with E-state index in [1.54, 1.807) is 18.3 Å². The number of nitrogens with zero attached hydrogens (tertiary/aromatic N) is 5. The summed E-state index contributed by atoms with van der Waals surface area (Å²) in [4.78, 5) is 29.0. The molecule has 204 valence electrons. The van der Waals surface area contributed by atoms with Crippen molar-refractivity contribution in [1.29, 1.82) is 0 Å². The van der Waals surface area contributed by atoms with Gasteiger partial charge in [0.25, 0.3) is 5.56 Å². The van der Waals surface area contributed by atoms with E-state index in [1.807, 2.05) is 13.8 Å². The second kappa shape index (κ2) is 10.7. The Morgan fingerprint density at radius 2 is 2.11 bits per heavy atom. The largest absolute Gasteiger partial charge is 0.376 e. The summed E-state index contributed by atoms with van der Waals surface area (Å²) < 4.78 is 26.6. The van der Waals surface area contributed by atoms with Crippen molar-refractivity contribution < 1.29 is 13.9 Å². The number of benzene rings is 1. The summed E-state index contributed by atoms with van der Waals surface area (Å²) in [6.07, 6.45) is 5.01. The van der Waals surface area contributed by atoms with E-state index in [2.05, 4.69) is 26.6 Å². The maximum absolute atomic E-state index is 14.6. The number of hydrogen-bond acceptors (Lipinski definition) is 8. The Morgan fingerprint density at radius 3 is 2.71 bits per heavy atom. The van der Waals surface area contributed by atoms with Gasteiger partial charge >= 0.3 is 0 Å². The van der Waals surface area contributed by atoms with E-state index in [0.717, 1.165) is 38.4 Å². The lowest BCUT2D eigenvalue weighted by Crippen LogP contribution is -2.51. The first-order chi connectivity index (χ1) is 18.1. The zero-order valence-corrected chi connectivity index (χ0v) is 23.1. The zero-order chi connectivity index (χ0) is 27.1. The summed E-state index contributed by atoms with van der Waals surface area (Å²) in [5.41, 5.74) is 4.95.